The lowest BCUT2D eigenvalue weighted by Crippen LogP contribution is -2.44. The van der Waals surface area contributed by atoms with E-state index in [1.807, 2.05) is 6.07 Å². The summed E-state index contributed by atoms with van der Waals surface area (Å²) in [6.45, 7) is 2.13. The molecule has 1 saturated carbocycles. The average molecular weight is 437 g/mol. The van der Waals surface area contributed by atoms with E-state index in [1.165, 1.54) is 19.3 Å². The number of anilines is 1. The number of aromatic nitrogens is 2. The molecule has 2 aromatic heterocycles. The molecule has 1 spiro atoms. The molecule has 2 aromatic rings. The molecule has 8 nitrogen and oxygen atoms in total. The van der Waals surface area contributed by atoms with Crippen molar-refractivity contribution in [2.45, 2.75) is 44.8 Å². The number of piperidine rings is 1. The van der Waals surface area contributed by atoms with Crippen molar-refractivity contribution in [3.8, 4) is 6.07 Å². The van der Waals surface area contributed by atoms with Gasteiger partial charge in [0.1, 0.15) is 11.6 Å². The van der Waals surface area contributed by atoms with Crippen LogP contribution in [0, 0.1) is 16.7 Å². The first kappa shape index (κ1) is 22.6. The van der Waals surface area contributed by atoms with E-state index in [4.69, 9.17) is 15.6 Å². The molecule has 0 aromatic carbocycles. The number of pyridine rings is 2. The van der Waals surface area contributed by atoms with Gasteiger partial charge in [0.2, 0.25) is 0 Å². The summed E-state index contributed by atoms with van der Waals surface area (Å²) in [5.41, 5.74) is 8.26. The monoisotopic (exact) mass is 437 g/mol. The maximum absolute atomic E-state index is 12.3. The molecule has 1 aliphatic carbocycles. The number of nitrogens with zero attached hydrogens (tertiary/aromatic N) is 3. The Balaban J connectivity index is 0.000000339. The fourth-order valence-corrected chi connectivity index (χ4v) is 4.15. The summed E-state index contributed by atoms with van der Waals surface area (Å²) in [4.78, 5) is 30.5. The lowest BCUT2D eigenvalue weighted by molar-refractivity contribution is -0.192. The zero-order chi connectivity index (χ0) is 22.8. The highest BCUT2D eigenvalue weighted by atomic mass is 19.4. The van der Waals surface area contributed by atoms with Crippen molar-refractivity contribution in [2.75, 3.05) is 18.0 Å². The molecule has 4 N–H and O–H groups in total. The average Bonchev–Trinajstić information content (AvgIpc) is 2.71. The number of carboxylic acids is 1. The lowest BCUT2D eigenvalue weighted by atomic mass is 9.63. The van der Waals surface area contributed by atoms with E-state index in [0.717, 1.165) is 42.7 Å². The summed E-state index contributed by atoms with van der Waals surface area (Å²) in [5, 5.41) is 17.5. The molecule has 0 atom stereocenters. The van der Waals surface area contributed by atoms with Crippen molar-refractivity contribution in [3.63, 3.8) is 0 Å². The number of nitriles is 1. The summed E-state index contributed by atoms with van der Waals surface area (Å²) >= 11 is 0. The number of nitrogens with one attached hydrogen (secondary N) is 1. The van der Waals surface area contributed by atoms with E-state index >= 15 is 0 Å². The van der Waals surface area contributed by atoms with Crippen molar-refractivity contribution < 1.29 is 23.1 Å². The zero-order valence-corrected chi connectivity index (χ0v) is 16.6. The van der Waals surface area contributed by atoms with Gasteiger partial charge < -0.3 is 20.7 Å². The minimum Gasteiger partial charge on any atom is -0.475 e. The van der Waals surface area contributed by atoms with E-state index in [2.05, 4.69) is 20.9 Å². The molecule has 0 amide bonds. The number of rotatable bonds is 2. The predicted octanol–water partition coefficient (Wildman–Crippen LogP) is 2.66. The highest BCUT2D eigenvalue weighted by Gasteiger charge is 2.40. The fourth-order valence-electron chi connectivity index (χ4n) is 4.15. The van der Waals surface area contributed by atoms with Crippen LogP contribution in [0.15, 0.2) is 17.1 Å². The molecule has 3 heterocycles. The van der Waals surface area contributed by atoms with Crippen LogP contribution in [0.2, 0.25) is 0 Å². The number of hydrogen-bond acceptors (Lipinski definition) is 6. The second-order valence-electron chi connectivity index (χ2n) is 7.86. The minimum atomic E-state index is -5.08. The highest BCUT2D eigenvalue weighted by molar-refractivity contribution is 5.94. The zero-order valence-electron chi connectivity index (χ0n) is 16.6. The van der Waals surface area contributed by atoms with E-state index in [0.29, 0.717) is 17.5 Å². The Bertz CT molecular complexity index is 1080. The Morgan fingerprint density at radius 1 is 1.32 bits per heavy atom. The van der Waals surface area contributed by atoms with E-state index < -0.39 is 12.1 Å². The first-order chi connectivity index (χ1) is 14.6. The van der Waals surface area contributed by atoms with Crippen LogP contribution in [-0.2, 0) is 11.3 Å². The molecule has 1 aliphatic heterocycles. The number of carbonyl (C=O) groups is 1. The van der Waals surface area contributed by atoms with Crippen LogP contribution in [0.25, 0.3) is 10.9 Å². The fraction of sp³-hybridized carbons (Fsp3) is 0.500. The first-order valence-electron chi connectivity index (χ1n) is 9.80. The number of nitrogens with two attached hydrogens (primary N) is 1. The molecule has 1 saturated heterocycles. The van der Waals surface area contributed by atoms with Gasteiger partial charge in [-0.15, -0.1) is 0 Å². The Hall–Kier alpha value is -3.13. The highest BCUT2D eigenvalue weighted by Crippen LogP contribution is 2.49. The summed E-state index contributed by atoms with van der Waals surface area (Å²) in [5.74, 6) is -2.76. The standard InChI is InChI=1S/C18H21N5O.C2HF3O2/c19-9-12-8-13-15(11-21-12)22-17(24)14(10-20)16(13)23-6-4-18(5-7-23)2-1-3-18;3-2(4,5)1(6)7/h8,11H,1-7,9,19H2,(H,22,24);(H,6,7). The number of aliphatic carboxylic acids is 1. The van der Waals surface area contributed by atoms with E-state index in [9.17, 15) is 23.2 Å². The maximum Gasteiger partial charge on any atom is 0.490 e. The van der Waals surface area contributed by atoms with Crippen molar-refractivity contribution in [2.24, 2.45) is 11.1 Å². The molecule has 0 radical (unpaired) electrons. The lowest BCUT2D eigenvalue weighted by Gasteiger charge is -2.48. The molecule has 0 unspecified atom stereocenters. The van der Waals surface area contributed by atoms with Gasteiger partial charge in [0.05, 0.1) is 23.1 Å². The Morgan fingerprint density at radius 3 is 2.39 bits per heavy atom. The SMILES string of the molecule is N#Cc1c(N2CCC3(CCC3)CC2)c2cc(CN)ncc2[nH]c1=O.O=C(O)C(F)(F)F. The van der Waals surface area contributed by atoms with Crippen LogP contribution >= 0.6 is 0 Å². The quantitative estimate of drug-likeness (QED) is 0.657. The molecule has 2 aliphatic rings. The molecule has 166 valence electrons. The molecule has 4 rings (SSSR count). The number of halogens is 3. The van der Waals surface area contributed by atoms with Gasteiger partial charge in [-0.25, -0.2) is 4.79 Å². The topological polar surface area (TPSA) is 136 Å². The number of aromatic amines is 1. The van der Waals surface area contributed by atoms with Gasteiger partial charge in [-0.3, -0.25) is 9.78 Å². The predicted molar refractivity (Wildman–Crippen MR) is 106 cm³/mol. The number of alkyl halides is 3. The van der Waals surface area contributed by atoms with Gasteiger partial charge >= 0.3 is 12.1 Å². The van der Waals surface area contributed by atoms with E-state index in [-0.39, 0.29) is 11.1 Å². The Morgan fingerprint density at radius 2 is 1.94 bits per heavy atom. The summed E-state index contributed by atoms with van der Waals surface area (Å²) in [6, 6.07) is 4.00. The van der Waals surface area contributed by atoms with Crippen LogP contribution < -0.4 is 16.2 Å². The number of fused-ring (bicyclic) bond motifs is 1. The first-order valence-corrected chi connectivity index (χ1v) is 9.80. The van der Waals surface area contributed by atoms with Gasteiger partial charge in [0, 0.05) is 25.0 Å². The van der Waals surface area contributed by atoms with Gasteiger partial charge in [-0.2, -0.15) is 18.4 Å². The van der Waals surface area contributed by atoms with Crippen molar-refractivity contribution in [3.05, 3.63) is 33.9 Å². The van der Waals surface area contributed by atoms with Crippen LogP contribution in [0.1, 0.15) is 43.4 Å². The third-order valence-corrected chi connectivity index (χ3v) is 6.05. The van der Waals surface area contributed by atoms with Crippen LogP contribution in [0.4, 0.5) is 18.9 Å². The second-order valence-corrected chi connectivity index (χ2v) is 7.86. The Labute approximate surface area is 175 Å². The molecular formula is C20H22F3N5O3. The van der Waals surface area contributed by atoms with Gasteiger partial charge in [0.25, 0.3) is 5.56 Å². The van der Waals surface area contributed by atoms with Gasteiger partial charge in [-0.05, 0) is 37.2 Å². The largest absolute Gasteiger partial charge is 0.490 e. The summed E-state index contributed by atoms with van der Waals surface area (Å²) < 4.78 is 31.7. The summed E-state index contributed by atoms with van der Waals surface area (Å²) in [6.07, 6.45) is 2.82. The van der Waals surface area contributed by atoms with Crippen molar-refractivity contribution in [1.29, 1.82) is 5.26 Å². The molecule has 31 heavy (non-hydrogen) atoms. The normalized spacial score (nSPS) is 17.5. The number of hydrogen-bond donors (Lipinski definition) is 3. The molecule has 0 bridgehead atoms. The minimum absolute atomic E-state index is 0.196. The van der Waals surface area contributed by atoms with Crippen LogP contribution in [-0.4, -0.2) is 40.3 Å². The van der Waals surface area contributed by atoms with Crippen molar-refractivity contribution in [1.82, 2.24) is 9.97 Å². The maximum atomic E-state index is 12.3. The smallest absolute Gasteiger partial charge is 0.475 e. The van der Waals surface area contributed by atoms with E-state index in [1.54, 1.807) is 6.20 Å². The molecule has 11 heteroatoms. The molecular weight excluding hydrogens is 415 g/mol. The van der Waals surface area contributed by atoms with Gasteiger partial charge in [0.15, 0.2) is 0 Å². The number of carboxylic acid groups (broad SMARTS) is 1. The van der Waals surface area contributed by atoms with Gasteiger partial charge in [-0.1, -0.05) is 6.42 Å². The summed E-state index contributed by atoms with van der Waals surface area (Å²) in [7, 11) is 0. The van der Waals surface area contributed by atoms with Crippen LogP contribution in [0.5, 0.6) is 0 Å². The Kier molecular flexibility index (Phi) is 6.22. The third kappa shape index (κ3) is 4.64. The van der Waals surface area contributed by atoms with Crippen LogP contribution in [0.3, 0.4) is 0 Å². The third-order valence-electron chi connectivity index (χ3n) is 6.05. The van der Waals surface area contributed by atoms with Crippen molar-refractivity contribution >= 4 is 22.6 Å². The number of H-pyrrole nitrogens is 1. The second kappa shape index (κ2) is 8.55. The molecule has 2 fully saturated rings.